The predicted molar refractivity (Wildman–Crippen MR) is 123 cm³/mol. The smallest absolute Gasteiger partial charge is 0.322 e. The van der Waals surface area contributed by atoms with Crippen LogP contribution in [0, 0.1) is 0 Å². The second-order valence-electron chi connectivity index (χ2n) is 7.42. The van der Waals surface area contributed by atoms with Crippen molar-refractivity contribution in [2.45, 2.75) is 17.4 Å². The second kappa shape index (κ2) is 9.15. The number of thioether (sulfide) groups is 1. The Balaban J connectivity index is 1.41. The number of nitrogens with one attached hydrogen (secondary N) is 3. The van der Waals surface area contributed by atoms with Crippen LogP contribution < -0.4 is 20.7 Å². The van der Waals surface area contributed by atoms with Crippen LogP contribution in [0.3, 0.4) is 0 Å². The Bertz CT molecular complexity index is 1150. The highest BCUT2D eigenvalue weighted by Crippen LogP contribution is 2.28. The Kier molecular flexibility index (Phi) is 6.13. The van der Waals surface area contributed by atoms with Gasteiger partial charge in [0.05, 0.1) is 5.56 Å². The van der Waals surface area contributed by atoms with Gasteiger partial charge in [-0.3, -0.25) is 14.9 Å². The van der Waals surface area contributed by atoms with Gasteiger partial charge in [0.2, 0.25) is 0 Å². The maximum absolute atomic E-state index is 12.9. The summed E-state index contributed by atoms with van der Waals surface area (Å²) in [7, 11) is 0. The molecule has 4 amide bonds. The van der Waals surface area contributed by atoms with E-state index in [1.807, 2.05) is 42.5 Å². The molecule has 0 aliphatic carbocycles. The van der Waals surface area contributed by atoms with E-state index in [2.05, 4.69) is 16.0 Å². The number of carbonyl (C=O) groups excluding carboxylic acids is 3. The van der Waals surface area contributed by atoms with Gasteiger partial charge in [-0.1, -0.05) is 30.3 Å². The molecule has 0 radical (unpaired) electrons. The van der Waals surface area contributed by atoms with Gasteiger partial charge in [-0.2, -0.15) is 0 Å². The van der Waals surface area contributed by atoms with E-state index in [0.717, 1.165) is 5.75 Å². The third kappa shape index (κ3) is 4.92. The van der Waals surface area contributed by atoms with Crippen molar-refractivity contribution in [1.29, 1.82) is 0 Å². The Morgan fingerprint density at radius 3 is 2.28 bits per heavy atom. The summed E-state index contributed by atoms with van der Waals surface area (Å²) in [5, 5.41) is 7.76. The van der Waals surface area contributed by atoms with Crippen molar-refractivity contribution in [2.75, 3.05) is 11.1 Å². The molecule has 1 atom stereocenters. The molecule has 8 heteroatoms. The Morgan fingerprint density at radius 1 is 0.938 bits per heavy atom. The van der Waals surface area contributed by atoms with E-state index < -0.39 is 11.6 Å². The quantitative estimate of drug-likeness (QED) is 0.368. The molecule has 32 heavy (non-hydrogen) atoms. The number of rotatable bonds is 7. The van der Waals surface area contributed by atoms with E-state index in [1.54, 1.807) is 43.3 Å². The van der Waals surface area contributed by atoms with Crippen LogP contribution in [-0.2, 0) is 4.79 Å². The molecule has 3 aromatic carbocycles. The molecular weight excluding hydrogens is 426 g/mol. The van der Waals surface area contributed by atoms with E-state index in [9.17, 15) is 14.4 Å². The molecule has 1 heterocycles. The maximum Gasteiger partial charge on any atom is 0.322 e. The third-order valence-corrected chi connectivity index (χ3v) is 6.25. The fraction of sp³-hybridized carbons (Fsp3) is 0.125. The fourth-order valence-corrected chi connectivity index (χ4v) is 4.25. The van der Waals surface area contributed by atoms with Gasteiger partial charge in [0.15, 0.2) is 0 Å². The van der Waals surface area contributed by atoms with Crippen LogP contribution in [0.1, 0.15) is 17.3 Å². The summed E-state index contributed by atoms with van der Waals surface area (Å²) in [6.07, 6.45) is 0. The minimum atomic E-state index is -1.03. The number of hydrogen-bond donors (Lipinski definition) is 3. The molecule has 4 rings (SSSR count). The van der Waals surface area contributed by atoms with Crippen LogP contribution in [0.15, 0.2) is 83.8 Å². The molecule has 3 N–H and O–H groups in total. The largest absolute Gasteiger partial charge is 0.457 e. The number of ether oxygens (including phenoxy) is 1. The molecule has 0 saturated carbocycles. The number of urea groups is 1. The zero-order valence-corrected chi connectivity index (χ0v) is 18.1. The van der Waals surface area contributed by atoms with Crippen molar-refractivity contribution >= 4 is 35.3 Å². The summed E-state index contributed by atoms with van der Waals surface area (Å²) in [5.41, 5.74) is 0.0833. The van der Waals surface area contributed by atoms with Gasteiger partial charge in [0.25, 0.3) is 11.8 Å². The van der Waals surface area contributed by atoms with Crippen molar-refractivity contribution < 1.29 is 19.1 Å². The van der Waals surface area contributed by atoms with Crippen LogP contribution in [0.2, 0.25) is 0 Å². The standard InChI is InChI=1S/C24H21N3O4S/c1-24(22(29)26-23(30)27-24)15-32-20-10-6-5-9-19(20)21(28)25-16-11-13-18(14-12-16)31-17-7-3-2-4-8-17/h2-14H,15H2,1H3,(H,25,28)(H2,26,27,29,30)/t24-/m0/s1. The molecule has 0 aromatic heterocycles. The predicted octanol–water partition coefficient (Wildman–Crippen LogP) is 4.42. The van der Waals surface area contributed by atoms with Gasteiger partial charge in [-0.15, -0.1) is 11.8 Å². The average Bonchev–Trinajstić information content (AvgIpc) is 3.06. The van der Waals surface area contributed by atoms with Crippen LogP contribution in [0.4, 0.5) is 10.5 Å². The van der Waals surface area contributed by atoms with Crippen molar-refractivity contribution in [2.24, 2.45) is 0 Å². The topological polar surface area (TPSA) is 96.5 Å². The first-order valence-electron chi connectivity index (χ1n) is 9.93. The van der Waals surface area contributed by atoms with Gasteiger partial charge in [0.1, 0.15) is 17.0 Å². The first-order valence-corrected chi connectivity index (χ1v) is 10.9. The van der Waals surface area contributed by atoms with Crippen LogP contribution in [-0.4, -0.2) is 29.1 Å². The van der Waals surface area contributed by atoms with Gasteiger partial charge >= 0.3 is 6.03 Å². The molecule has 0 bridgehead atoms. The van der Waals surface area contributed by atoms with E-state index in [0.29, 0.717) is 27.6 Å². The molecule has 1 saturated heterocycles. The van der Waals surface area contributed by atoms with E-state index >= 15 is 0 Å². The lowest BCUT2D eigenvalue weighted by Gasteiger charge is -2.20. The second-order valence-corrected chi connectivity index (χ2v) is 8.44. The lowest BCUT2D eigenvalue weighted by atomic mass is 10.1. The van der Waals surface area contributed by atoms with Gasteiger partial charge in [-0.05, 0) is 55.5 Å². The normalized spacial score (nSPS) is 17.4. The summed E-state index contributed by atoms with van der Waals surface area (Å²) in [6.45, 7) is 1.65. The minimum absolute atomic E-state index is 0.269. The van der Waals surface area contributed by atoms with Gasteiger partial charge in [0, 0.05) is 16.3 Å². The van der Waals surface area contributed by atoms with Gasteiger partial charge < -0.3 is 15.4 Å². The number of para-hydroxylation sites is 1. The molecule has 0 spiro atoms. The third-order valence-electron chi connectivity index (χ3n) is 4.86. The average molecular weight is 448 g/mol. The molecule has 1 aliphatic heterocycles. The number of amides is 4. The highest BCUT2D eigenvalue weighted by molar-refractivity contribution is 7.99. The number of benzene rings is 3. The van der Waals surface area contributed by atoms with Crippen LogP contribution in [0.5, 0.6) is 11.5 Å². The van der Waals surface area contributed by atoms with Crippen molar-refractivity contribution in [3.05, 3.63) is 84.4 Å². The molecule has 1 fully saturated rings. The molecular formula is C24H21N3O4S. The lowest BCUT2D eigenvalue weighted by molar-refractivity contribution is -0.122. The van der Waals surface area contributed by atoms with Crippen molar-refractivity contribution in [3.8, 4) is 11.5 Å². The maximum atomic E-state index is 12.9. The van der Waals surface area contributed by atoms with Crippen molar-refractivity contribution in [3.63, 3.8) is 0 Å². The Labute approximate surface area is 189 Å². The highest BCUT2D eigenvalue weighted by Gasteiger charge is 2.41. The molecule has 1 aliphatic rings. The number of anilines is 1. The minimum Gasteiger partial charge on any atom is -0.457 e. The van der Waals surface area contributed by atoms with Crippen LogP contribution >= 0.6 is 11.8 Å². The summed E-state index contributed by atoms with van der Waals surface area (Å²) in [4.78, 5) is 37.1. The number of carbonyl (C=O) groups is 3. The zero-order chi connectivity index (χ0) is 22.6. The SMILES string of the molecule is C[C@@]1(CSc2ccccc2C(=O)Nc2ccc(Oc3ccccc3)cc2)NC(=O)NC1=O. The fourth-order valence-electron chi connectivity index (χ4n) is 3.11. The first kappa shape index (κ1) is 21.5. The van der Waals surface area contributed by atoms with E-state index in [-0.39, 0.29) is 11.8 Å². The molecule has 3 aromatic rings. The molecule has 7 nitrogen and oxygen atoms in total. The van der Waals surface area contributed by atoms with Crippen molar-refractivity contribution in [1.82, 2.24) is 10.6 Å². The van der Waals surface area contributed by atoms with Crippen LogP contribution in [0.25, 0.3) is 0 Å². The number of imide groups is 1. The summed E-state index contributed by atoms with van der Waals surface area (Å²) >= 11 is 1.34. The molecule has 0 unspecified atom stereocenters. The first-order chi connectivity index (χ1) is 15.4. The lowest BCUT2D eigenvalue weighted by Crippen LogP contribution is -2.46. The zero-order valence-electron chi connectivity index (χ0n) is 17.3. The summed E-state index contributed by atoms with van der Waals surface area (Å²) in [6, 6.07) is 23.2. The summed E-state index contributed by atoms with van der Waals surface area (Å²) in [5.74, 6) is 1.04. The summed E-state index contributed by atoms with van der Waals surface area (Å²) < 4.78 is 5.77. The van der Waals surface area contributed by atoms with E-state index in [4.69, 9.17) is 4.74 Å². The molecule has 162 valence electrons. The highest BCUT2D eigenvalue weighted by atomic mass is 32.2. The van der Waals surface area contributed by atoms with E-state index in [1.165, 1.54) is 11.8 Å². The Hall–Kier alpha value is -3.78. The Morgan fingerprint density at radius 2 is 1.59 bits per heavy atom. The monoisotopic (exact) mass is 447 g/mol. The number of hydrogen-bond acceptors (Lipinski definition) is 5. The van der Waals surface area contributed by atoms with Gasteiger partial charge in [-0.25, -0.2) is 4.79 Å².